The average molecular weight is 361 g/mol. The van der Waals surface area contributed by atoms with E-state index in [1.54, 1.807) is 29.4 Å². The fourth-order valence-corrected chi connectivity index (χ4v) is 3.34. The SMILES string of the molecule is Clc1cccc(CNc2c3ccncc3nc3c2nn2cnccc32)c1. The smallest absolute Gasteiger partial charge is 0.136 e. The first-order valence-electron chi connectivity index (χ1n) is 8.14. The molecule has 0 aliphatic carbocycles. The van der Waals surface area contributed by atoms with Gasteiger partial charge in [-0.2, -0.15) is 5.10 Å². The van der Waals surface area contributed by atoms with Gasteiger partial charge in [0.25, 0.3) is 0 Å². The first-order chi connectivity index (χ1) is 12.8. The number of benzene rings is 1. The lowest BCUT2D eigenvalue weighted by molar-refractivity contribution is 0.937. The van der Waals surface area contributed by atoms with Crippen molar-refractivity contribution in [2.75, 3.05) is 5.32 Å². The summed E-state index contributed by atoms with van der Waals surface area (Å²) in [7, 11) is 0. The highest BCUT2D eigenvalue weighted by Gasteiger charge is 2.15. The van der Waals surface area contributed by atoms with Gasteiger partial charge in [-0.25, -0.2) is 14.5 Å². The lowest BCUT2D eigenvalue weighted by Crippen LogP contribution is -2.02. The number of halogens is 1. The fourth-order valence-electron chi connectivity index (χ4n) is 3.13. The second-order valence-electron chi connectivity index (χ2n) is 5.97. The Labute approximate surface area is 153 Å². The highest BCUT2D eigenvalue weighted by molar-refractivity contribution is 6.30. The molecule has 0 fully saturated rings. The minimum absolute atomic E-state index is 0.628. The quantitative estimate of drug-likeness (QED) is 0.525. The van der Waals surface area contributed by atoms with Crippen LogP contribution in [0.2, 0.25) is 5.02 Å². The van der Waals surface area contributed by atoms with E-state index in [0.29, 0.717) is 6.54 Å². The van der Waals surface area contributed by atoms with Gasteiger partial charge < -0.3 is 5.32 Å². The monoisotopic (exact) mass is 360 g/mol. The van der Waals surface area contributed by atoms with Gasteiger partial charge in [-0.1, -0.05) is 23.7 Å². The molecule has 0 spiro atoms. The molecule has 4 aromatic heterocycles. The van der Waals surface area contributed by atoms with Crippen LogP contribution in [0.4, 0.5) is 5.69 Å². The summed E-state index contributed by atoms with van der Waals surface area (Å²) in [6.45, 7) is 0.628. The standard InChI is InChI=1S/C19H13ClN6/c20-13-3-1-2-12(8-13)9-23-17-14-4-6-21-10-15(14)24-18-16-5-7-22-11-26(16)25-19(17)18/h1-8,10-11,23H,9H2. The molecule has 0 unspecified atom stereocenters. The van der Waals surface area contributed by atoms with Gasteiger partial charge in [-0.3, -0.25) is 4.98 Å². The third kappa shape index (κ3) is 2.43. The maximum Gasteiger partial charge on any atom is 0.136 e. The summed E-state index contributed by atoms with van der Waals surface area (Å²) in [6.07, 6.45) is 6.95. The Hall–Kier alpha value is -3.25. The van der Waals surface area contributed by atoms with E-state index < -0.39 is 0 Å². The van der Waals surface area contributed by atoms with Crippen molar-refractivity contribution in [3.05, 3.63) is 71.9 Å². The Kier molecular flexibility index (Phi) is 3.43. The van der Waals surface area contributed by atoms with E-state index in [0.717, 1.165) is 43.7 Å². The molecule has 4 heterocycles. The fraction of sp³-hybridized carbons (Fsp3) is 0.0526. The van der Waals surface area contributed by atoms with Crippen LogP contribution in [0.3, 0.4) is 0 Å². The molecule has 5 rings (SSSR count). The molecule has 0 bridgehead atoms. The second kappa shape index (κ2) is 5.93. The van der Waals surface area contributed by atoms with E-state index in [9.17, 15) is 0 Å². The topological polar surface area (TPSA) is 68.0 Å². The van der Waals surface area contributed by atoms with E-state index in [1.165, 1.54) is 0 Å². The molecule has 126 valence electrons. The van der Waals surface area contributed by atoms with Crippen molar-refractivity contribution in [2.45, 2.75) is 6.54 Å². The summed E-state index contributed by atoms with van der Waals surface area (Å²) in [6, 6.07) is 11.7. The van der Waals surface area contributed by atoms with Crippen LogP contribution in [0, 0.1) is 0 Å². The normalized spacial score (nSPS) is 11.4. The lowest BCUT2D eigenvalue weighted by atomic mass is 10.1. The van der Waals surface area contributed by atoms with Crippen molar-refractivity contribution in [1.29, 1.82) is 0 Å². The van der Waals surface area contributed by atoms with Gasteiger partial charge in [-0.15, -0.1) is 0 Å². The zero-order valence-electron chi connectivity index (χ0n) is 13.6. The van der Waals surface area contributed by atoms with Gasteiger partial charge in [0.2, 0.25) is 0 Å². The Bertz CT molecular complexity index is 1260. The van der Waals surface area contributed by atoms with Crippen LogP contribution < -0.4 is 5.32 Å². The van der Waals surface area contributed by atoms with Gasteiger partial charge in [0.1, 0.15) is 17.4 Å². The zero-order chi connectivity index (χ0) is 17.5. The van der Waals surface area contributed by atoms with Crippen molar-refractivity contribution in [3.8, 4) is 0 Å². The van der Waals surface area contributed by atoms with E-state index >= 15 is 0 Å². The van der Waals surface area contributed by atoms with E-state index in [4.69, 9.17) is 16.6 Å². The molecule has 0 atom stereocenters. The predicted octanol–water partition coefficient (Wildman–Crippen LogP) is 4.09. The van der Waals surface area contributed by atoms with Crippen LogP contribution in [0.15, 0.2) is 61.3 Å². The number of nitrogens with zero attached hydrogens (tertiary/aromatic N) is 5. The molecule has 6 nitrogen and oxygen atoms in total. The molecule has 0 amide bonds. The van der Waals surface area contributed by atoms with Crippen LogP contribution in [-0.4, -0.2) is 24.6 Å². The highest BCUT2D eigenvalue weighted by Crippen LogP contribution is 2.31. The molecular formula is C19H13ClN6. The van der Waals surface area contributed by atoms with Gasteiger partial charge in [0.05, 0.1) is 22.9 Å². The van der Waals surface area contributed by atoms with Crippen molar-refractivity contribution in [1.82, 2.24) is 24.6 Å². The van der Waals surface area contributed by atoms with Crippen molar-refractivity contribution in [3.63, 3.8) is 0 Å². The molecule has 0 aliphatic rings. The maximum atomic E-state index is 6.10. The van der Waals surface area contributed by atoms with Gasteiger partial charge >= 0.3 is 0 Å². The maximum absolute atomic E-state index is 6.10. The average Bonchev–Trinajstić information content (AvgIpc) is 3.03. The highest BCUT2D eigenvalue weighted by atomic mass is 35.5. The molecule has 7 heteroatoms. The molecular weight excluding hydrogens is 348 g/mol. The van der Waals surface area contributed by atoms with Crippen molar-refractivity contribution < 1.29 is 0 Å². The van der Waals surface area contributed by atoms with Crippen LogP contribution in [0.25, 0.3) is 27.5 Å². The number of pyridine rings is 2. The number of rotatable bonds is 3. The number of fused-ring (bicyclic) bond motifs is 4. The number of hydrogen-bond donors (Lipinski definition) is 1. The minimum atomic E-state index is 0.628. The van der Waals surface area contributed by atoms with Crippen molar-refractivity contribution >= 4 is 44.7 Å². The van der Waals surface area contributed by atoms with Crippen molar-refractivity contribution in [2.24, 2.45) is 0 Å². The summed E-state index contributed by atoms with van der Waals surface area (Å²) < 4.78 is 1.74. The predicted molar refractivity (Wildman–Crippen MR) is 102 cm³/mol. The van der Waals surface area contributed by atoms with E-state index in [1.807, 2.05) is 36.4 Å². The number of hydrogen-bond acceptors (Lipinski definition) is 5. The minimum Gasteiger partial charge on any atom is -0.379 e. The third-order valence-electron chi connectivity index (χ3n) is 4.31. The Morgan fingerprint density at radius 3 is 2.88 bits per heavy atom. The van der Waals surface area contributed by atoms with Gasteiger partial charge in [0, 0.05) is 29.3 Å². The van der Waals surface area contributed by atoms with Crippen LogP contribution >= 0.6 is 11.6 Å². The summed E-state index contributed by atoms with van der Waals surface area (Å²) in [5.74, 6) is 0. The molecule has 0 saturated heterocycles. The molecule has 1 aromatic carbocycles. The molecule has 0 aliphatic heterocycles. The lowest BCUT2D eigenvalue weighted by Gasteiger charge is -2.10. The largest absolute Gasteiger partial charge is 0.379 e. The first kappa shape index (κ1) is 15.0. The molecule has 26 heavy (non-hydrogen) atoms. The third-order valence-corrected chi connectivity index (χ3v) is 4.55. The summed E-state index contributed by atoms with van der Waals surface area (Å²) in [4.78, 5) is 13.1. The van der Waals surface area contributed by atoms with Crippen LogP contribution in [0.1, 0.15) is 5.56 Å². The Morgan fingerprint density at radius 2 is 1.96 bits per heavy atom. The summed E-state index contributed by atoms with van der Waals surface area (Å²) in [5.41, 5.74) is 5.37. The first-order valence-corrected chi connectivity index (χ1v) is 8.51. The summed E-state index contributed by atoms with van der Waals surface area (Å²) >= 11 is 6.10. The molecule has 1 N–H and O–H groups in total. The molecule has 0 saturated carbocycles. The molecule has 0 radical (unpaired) electrons. The van der Waals surface area contributed by atoms with E-state index in [-0.39, 0.29) is 0 Å². The number of anilines is 1. The number of nitrogens with one attached hydrogen (secondary N) is 1. The Morgan fingerprint density at radius 1 is 1.04 bits per heavy atom. The van der Waals surface area contributed by atoms with E-state index in [2.05, 4.69) is 20.4 Å². The second-order valence-corrected chi connectivity index (χ2v) is 6.41. The Balaban J connectivity index is 1.72. The molecule has 5 aromatic rings. The van der Waals surface area contributed by atoms with Crippen LogP contribution in [0.5, 0.6) is 0 Å². The zero-order valence-corrected chi connectivity index (χ0v) is 14.4. The van der Waals surface area contributed by atoms with Gasteiger partial charge in [-0.05, 0) is 29.8 Å². The van der Waals surface area contributed by atoms with Gasteiger partial charge in [0.15, 0.2) is 0 Å². The number of aromatic nitrogens is 5. The van der Waals surface area contributed by atoms with Crippen LogP contribution in [-0.2, 0) is 6.54 Å². The summed E-state index contributed by atoms with van der Waals surface area (Å²) in [5, 5.41) is 9.89.